The van der Waals surface area contributed by atoms with Gasteiger partial charge in [0.1, 0.15) is 0 Å². The normalized spacial score (nSPS) is 19.4. The largest absolute Gasteiger partial charge is 0.352 e. The number of halogens is 2. The van der Waals surface area contributed by atoms with Crippen LogP contribution in [0.3, 0.4) is 0 Å². The van der Waals surface area contributed by atoms with E-state index in [1.54, 1.807) is 4.90 Å². The van der Waals surface area contributed by atoms with Gasteiger partial charge < -0.3 is 21.3 Å². The van der Waals surface area contributed by atoms with Crippen LogP contribution in [-0.4, -0.2) is 78.4 Å². The summed E-state index contributed by atoms with van der Waals surface area (Å²) in [6, 6.07) is -0.421. The standard InChI is InChI=1S/C17H31N5O3.2ClH/c1-11(2)15(18)17(25)19-10-14(23)22-8-6-21(7-9-22)12(3)16(24)20-13-4-5-13;;/h11-13,15H,4-10,18H2,1-3H3,(H,19,25)(H,20,24);2*1H/t12?,15-;;/m0../s1. The van der Waals surface area contributed by atoms with E-state index >= 15 is 0 Å². The topological polar surface area (TPSA) is 108 Å². The molecular weight excluding hydrogens is 393 g/mol. The van der Waals surface area contributed by atoms with Gasteiger partial charge in [-0.25, -0.2) is 0 Å². The third-order valence-electron chi connectivity index (χ3n) is 4.95. The lowest BCUT2D eigenvalue weighted by atomic mass is 10.1. The van der Waals surface area contributed by atoms with E-state index in [9.17, 15) is 14.4 Å². The van der Waals surface area contributed by atoms with Crippen LogP contribution in [0.4, 0.5) is 0 Å². The minimum atomic E-state index is -0.601. The molecule has 2 fully saturated rings. The molecule has 27 heavy (non-hydrogen) atoms. The molecular formula is C17H33Cl2N5O3. The van der Waals surface area contributed by atoms with Gasteiger partial charge >= 0.3 is 0 Å². The molecule has 0 aromatic heterocycles. The van der Waals surface area contributed by atoms with Gasteiger partial charge in [0.05, 0.1) is 18.6 Å². The quantitative estimate of drug-likeness (QED) is 0.520. The van der Waals surface area contributed by atoms with Gasteiger partial charge in [0, 0.05) is 32.2 Å². The maximum atomic E-state index is 12.2. The summed E-state index contributed by atoms with van der Waals surface area (Å²) in [7, 11) is 0. The molecule has 158 valence electrons. The van der Waals surface area contributed by atoms with Crippen LogP contribution in [0, 0.1) is 5.92 Å². The van der Waals surface area contributed by atoms with E-state index < -0.39 is 6.04 Å². The predicted octanol–water partition coefficient (Wildman–Crippen LogP) is -0.259. The molecule has 1 aliphatic heterocycles. The first-order valence-corrected chi connectivity index (χ1v) is 9.15. The van der Waals surface area contributed by atoms with E-state index in [0.717, 1.165) is 12.8 Å². The molecule has 1 aliphatic carbocycles. The van der Waals surface area contributed by atoms with Crippen molar-refractivity contribution in [3.63, 3.8) is 0 Å². The average molecular weight is 426 g/mol. The first kappa shape index (κ1) is 25.9. The smallest absolute Gasteiger partial charge is 0.242 e. The Morgan fingerprint density at radius 2 is 1.56 bits per heavy atom. The molecule has 1 heterocycles. The fourth-order valence-corrected chi connectivity index (χ4v) is 2.77. The van der Waals surface area contributed by atoms with E-state index in [0.29, 0.717) is 32.2 Å². The Kier molecular flexibility index (Phi) is 11.2. The molecule has 10 heteroatoms. The second kappa shape index (κ2) is 11.7. The first-order chi connectivity index (χ1) is 11.8. The van der Waals surface area contributed by atoms with Crippen LogP contribution in [0.25, 0.3) is 0 Å². The van der Waals surface area contributed by atoms with E-state index in [4.69, 9.17) is 5.73 Å². The third-order valence-corrected chi connectivity index (χ3v) is 4.95. The van der Waals surface area contributed by atoms with Gasteiger partial charge in [-0.05, 0) is 25.7 Å². The number of carbonyl (C=O) groups is 3. The molecule has 0 radical (unpaired) electrons. The highest BCUT2D eigenvalue weighted by molar-refractivity contribution is 5.87. The van der Waals surface area contributed by atoms with Crippen LogP contribution >= 0.6 is 24.8 Å². The lowest BCUT2D eigenvalue weighted by Gasteiger charge is -2.37. The number of amides is 3. The molecule has 8 nitrogen and oxygen atoms in total. The van der Waals surface area contributed by atoms with Crippen molar-refractivity contribution in [3.05, 3.63) is 0 Å². The van der Waals surface area contributed by atoms with Crippen LogP contribution < -0.4 is 16.4 Å². The summed E-state index contributed by atoms with van der Waals surface area (Å²) in [6.45, 7) is 8.05. The molecule has 2 atom stereocenters. The molecule has 4 N–H and O–H groups in total. The number of hydrogen-bond donors (Lipinski definition) is 3. The van der Waals surface area contributed by atoms with Crippen molar-refractivity contribution in [1.29, 1.82) is 0 Å². The van der Waals surface area contributed by atoms with Crippen molar-refractivity contribution in [1.82, 2.24) is 20.4 Å². The molecule has 2 rings (SSSR count). The number of piperazine rings is 1. The van der Waals surface area contributed by atoms with Crippen molar-refractivity contribution >= 4 is 42.5 Å². The average Bonchev–Trinajstić information content (AvgIpc) is 3.41. The van der Waals surface area contributed by atoms with Gasteiger partial charge in [-0.1, -0.05) is 13.8 Å². The summed E-state index contributed by atoms with van der Waals surface area (Å²) in [5.41, 5.74) is 5.76. The lowest BCUT2D eigenvalue weighted by molar-refractivity contribution is -0.135. The summed E-state index contributed by atoms with van der Waals surface area (Å²) in [5.74, 6) is -0.314. The Morgan fingerprint density at radius 1 is 1.00 bits per heavy atom. The summed E-state index contributed by atoms with van der Waals surface area (Å²) in [4.78, 5) is 40.0. The SMILES string of the molecule is CC(C)[C@H](N)C(=O)NCC(=O)N1CCN(C(C)C(=O)NC2CC2)CC1.Cl.Cl. The molecule has 2 aliphatic rings. The number of nitrogens with one attached hydrogen (secondary N) is 2. The fraction of sp³-hybridized carbons (Fsp3) is 0.824. The Labute approximate surface area is 173 Å². The number of hydrogen-bond acceptors (Lipinski definition) is 5. The third kappa shape index (κ3) is 7.81. The van der Waals surface area contributed by atoms with Crippen LogP contribution in [0.2, 0.25) is 0 Å². The zero-order valence-electron chi connectivity index (χ0n) is 16.3. The van der Waals surface area contributed by atoms with Gasteiger partial charge in [0.25, 0.3) is 0 Å². The summed E-state index contributed by atoms with van der Waals surface area (Å²) in [5, 5.41) is 5.63. The van der Waals surface area contributed by atoms with Gasteiger partial charge in [-0.3, -0.25) is 19.3 Å². The molecule has 0 aromatic rings. The molecule has 1 saturated heterocycles. The van der Waals surface area contributed by atoms with Crippen LogP contribution in [0.1, 0.15) is 33.6 Å². The Hall–Kier alpha value is -1.09. The highest BCUT2D eigenvalue weighted by atomic mass is 35.5. The maximum Gasteiger partial charge on any atom is 0.242 e. The van der Waals surface area contributed by atoms with Crippen molar-refractivity contribution in [2.45, 2.75) is 51.7 Å². The van der Waals surface area contributed by atoms with Gasteiger partial charge in [0.15, 0.2) is 0 Å². The number of nitrogens with two attached hydrogens (primary N) is 1. The van der Waals surface area contributed by atoms with Crippen molar-refractivity contribution in [3.8, 4) is 0 Å². The molecule has 1 unspecified atom stereocenters. The number of nitrogens with zero attached hydrogens (tertiary/aromatic N) is 2. The van der Waals surface area contributed by atoms with Crippen LogP contribution in [0.15, 0.2) is 0 Å². The molecule has 0 aromatic carbocycles. The van der Waals surface area contributed by atoms with Crippen LogP contribution in [-0.2, 0) is 14.4 Å². The highest BCUT2D eigenvalue weighted by Crippen LogP contribution is 2.19. The summed E-state index contributed by atoms with van der Waals surface area (Å²) in [6.07, 6.45) is 2.15. The van der Waals surface area contributed by atoms with E-state index in [1.807, 2.05) is 20.8 Å². The zero-order chi connectivity index (χ0) is 18.6. The number of carbonyl (C=O) groups excluding carboxylic acids is 3. The molecule has 0 bridgehead atoms. The minimum absolute atomic E-state index is 0. The Morgan fingerprint density at radius 3 is 2.04 bits per heavy atom. The lowest BCUT2D eigenvalue weighted by Crippen LogP contribution is -2.56. The monoisotopic (exact) mass is 425 g/mol. The first-order valence-electron chi connectivity index (χ1n) is 9.15. The minimum Gasteiger partial charge on any atom is -0.352 e. The van der Waals surface area contributed by atoms with Crippen molar-refractivity contribution in [2.24, 2.45) is 11.7 Å². The van der Waals surface area contributed by atoms with E-state index in [-0.39, 0.29) is 61.0 Å². The van der Waals surface area contributed by atoms with Crippen molar-refractivity contribution in [2.75, 3.05) is 32.7 Å². The maximum absolute atomic E-state index is 12.2. The Balaban J connectivity index is 0.00000338. The van der Waals surface area contributed by atoms with Crippen LogP contribution in [0.5, 0.6) is 0 Å². The summed E-state index contributed by atoms with van der Waals surface area (Å²) >= 11 is 0. The predicted molar refractivity (Wildman–Crippen MR) is 109 cm³/mol. The number of rotatable bonds is 7. The molecule has 3 amide bonds. The van der Waals surface area contributed by atoms with Crippen molar-refractivity contribution < 1.29 is 14.4 Å². The second-order valence-electron chi connectivity index (χ2n) is 7.36. The zero-order valence-corrected chi connectivity index (χ0v) is 17.9. The van der Waals surface area contributed by atoms with Gasteiger partial charge in [0.2, 0.25) is 17.7 Å². The Bertz CT molecular complexity index is 509. The molecule has 1 saturated carbocycles. The van der Waals surface area contributed by atoms with Gasteiger partial charge in [-0.15, -0.1) is 24.8 Å². The van der Waals surface area contributed by atoms with Gasteiger partial charge in [-0.2, -0.15) is 0 Å². The highest BCUT2D eigenvalue weighted by Gasteiger charge is 2.31. The molecule has 0 spiro atoms. The van der Waals surface area contributed by atoms with E-state index in [1.165, 1.54) is 0 Å². The summed E-state index contributed by atoms with van der Waals surface area (Å²) < 4.78 is 0. The second-order valence-corrected chi connectivity index (χ2v) is 7.36. The van der Waals surface area contributed by atoms with E-state index in [2.05, 4.69) is 15.5 Å². The fourth-order valence-electron chi connectivity index (χ4n) is 2.77.